The van der Waals surface area contributed by atoms with Crippen molar-refractivity contribution in [3.05, 3.63) is 48.0 Å². The van der Waals surface area contributed by atoms with Gasteiger partial charge in [0.05, 0.1) is 6.33 Å². The fourth-order valence-electron chi connectivity index (χ4n) is 4.25. The minimum Gasteiger partial charge on any atom is -0.382 e. The SMILES string of the molecule is CCCCc1nc(N)c2ncn(CCCN3CCC(NC(=O)c4ccccc4)CC3)c2n1. The number of fused-ring (bicyclic) bond motifs is 1. The summed E-state index contributed by atoms with van der Waals surface area (Å²) >= 11 is 0. The highest BCUT2D eigenvalue weighted by molar-refractivity contribution is 5.94. The first-order chi connectivity index (χ1) is 15.6. The van der Waals surface area contributed by atoms with Crippen molar-refractivity contribution in [2.75, 3.05) is 25.4 Å². The molecule has 3 aromatic rings. The van der Waals surface area contributed by atoms with E-state index >= 15 is 0 Å². The number of rotatable bonds is 9. The summed E-state index contributed by atoms with van der Waals surface area (Å²) < 4.78 is 2.09. The van der Waals surface area contributed by atoms with Crippen LogP contribution in [0.4, 0.5) is 5.82 Å². The van der Waals surface area contributed by atoms with Crippen molar-refractivity contribution in [3.8, 4) is 0 Å². The Bertz CT molecular complexity index is 1030. The molecular weight excluding hydrogens is 402 g/mol. The van der Waals surface area contributed by atoms with Crippen molar-refractivity contribution in [3.63, 3.8) is 0 Å². The second-order valence-corrected chi connectivity index (χ2v) is 8.55. The molecule has 4 rings (SSSR count). The maximum absolute atomic E-state index is 12.4. The van der Waals surface area contributed by atoms with E-state index in [-0.39, 0.29) is 11.9 Å². The number of hydrogen-bond donors (Lipinski definition) is 2. The summed E-state index contributed by atoms with van der Waals surface area (Å²) in [5.74, 6) is 1.30. The number of anilines is 1. The van der Waals surface area contributed by atoms with Gasteiger partial charge in [-0.3, -0.25) is 4.79 Å². The van der Waals surface area contributed by atoms with Crippen LogP contribution in [-0.4, -0.2) is 56.0 Å². The summed E-state index contributed by atoms with van der Waals surface area (Å²) in [5, 5.41) is 3.18. The molecule has 0 unspecified atom stereocenters. The summed E-state index contributed by atoms with van der Waals surface area (Å²) in [4.78, 5) is 28.4. The summed E-state index contributed by atoms with van der Waals surface area (Å²) in [6.45, 7) is 6.03. The third kappa shape index (κ3) is 5.43. The number of carbonyl (C=O) groups excluding carboxylic acids is 1. The van der Waals surface area contributed by atoms with E-state index in [9.17, 15) is 4.79 Å². The summed E-state index contributed by atoms with van der Waals surface area (Å²) in [6, 6.07) is 9.68. The number of nitrogen functional groups attached to an aromatic ring is 1. The fraction of sp³-hybridized carbons (Fsp3) is 0.500. The molecule has 0 aliphatic carbocycles. The molecule has 8 heteroatoms. The maximum Gasteiger partial charge on any atom is 0.251 e. The Morgan fingerprint density at radius 1 is 1.12 bits per heavy atom. The van der Waals surface area contributed by atoms with Crippen LogP contribution in [0, 0.1) is 0 Å². The van der Waals surface area contributed by atoms with E-state index in [0.717, 1.165) is 81.7 Å². The van der Waals surface area contributed by atoms with Gasteiger partial charge in [-0.25, -0.2) is 15.0 Å². The molecule has 170 valence electrons. The number of imidazole rings is 1. The highest BCUT2D eigenvalue weighted by atomic mass is 16.1. The van der Waals surface area contributed by atoms with Gasteiger partial charge >= 0.3 is 0 Å². The minimum atomic E-state index is 0.0237. The van der Waals surface area contributed by atoms with Gasteiger partial charge in [-0.15, -0.1) is 0 Å². The van der Waals surface area contributed by atoms with Gasteiger partial charge in [0.1, 0.15) is 11.3 Å². The Kier molecular flexibility index (Phi) is 7.32. The van der Waals surface area contributed by atoms with Crippen LogP contribution >= 0.6 is 0 Å². The van der Waals surface area contributed by atoms with Gasteiger partial charge in [-0.1, -0.05) is 31.5 Å². The Morgan fingerprint density at radius 2 is 1.91 bits per heavy atom. The predicted molar refractivity (Wildman–Crippen MR) is 126 cm³/mol. The monoisotopic (exact) mass is 435 g/mol. The summed E-state index contributed by atoms with van der Waals surface area (Å²) in [5.41, 5.74) is 8.37. The molecular formula is C24H33N7O. The largest absolute Gasteiger partial charge is 0.382 e. The topological polar surface area (TPSA) is 102 Å². The van der Waals surface area contributed by atoms with Gasteiger partial charge in [0, 0.05) is 37.7 Å². The lowest BCUT2D eigenvalue weighted by Gasteiger charge is -2.32. The third-order valence-corrected chi connectivity index (χ3v) is 6.12. The molecule has 1 aromatic carbocycles. The first kappa shape index (κ1) is 22.2. The lowest BCUT2D eigenvalue weighted by atomic mass is 10.0. The predicted octanol–water partition coefficient (Wildman–Crippen LogP) is 3.04. The summed E-state index contributed by atoms with van der Waals surface area (Å²) in [7, 11) is 0. The number of carbonyl (C=O) groups is 1. The Balaban J connectivity index is 1.24. The highest BCUT2D eigenvalue weighted by Crippen LogP contribution is 2.18. The molecule has 3 N–H and O–H groups in total. The molecule has 32 heavy (non-hydrogen) atoms. The van der Waals surface area contributed by atoms with E-state index in [1.165, 1.54) is 0 Å². The van der Waals surface area contributed by atoms with E-state index in [0.29, 0.717) is 11.3 Å². The number of nitrogens with zero attached hydrogens (tertiary/aromatic N) is 5. The molecule has 1 amide bonds. The third-order valence-electron chi connectivity index (χ3n) is 6.12. The quantitative estimate of drug-likeness (QED) is 0.536. The second-order valence-electron chi connectivity index (χ2n) is 8.55. The van der Waals surface area contributed by atoms with Crippen LogP contribution in [0.25, 0.3) is 11.2 Å². The molecule has 0 saturated carbocycles. The lowest BCUT2D eigenvalue weighted by molar-refractivity contribution is 0.0910. The highest BCUT2D eigenvalue weighted by Gasteiger charge is 2.21. The van der Waals surface area contributed by atoms with Crippen molar-refractivity contribution in [2.24, 2.45) is 0 Å². The molecule has 0 spiro atoms. The van der Waals surface area contributed by atoms with Crippen molar-refractivity contribution in [2.45, 2.75) is 58.0 Å². The number of likely N-dealkylation sites (tertiary alicyclic amines) is 1. The number of aromatic nitrogens is 4. The summed E-state index contributed by atoms with van der Waals surface area (Å²) in [6.07, 6.45) is 7.81. The van der Waals surface area contributed by atoms with Crippen LogP contribution in [0.2, 0.25) is 0 Å². The van der Waals surface area contributed by atoms with Crippen molar-refractivity contribution < 1.29 is 4.79 Å². The van der Waals surface area contributed by atoms with Gasteiger partial charge in [-0.05, 0) is 44.4 Å². The van der Waals surface area contributed by atoms with Crippen LogP contribution in [-0.2, 0) is 13.0 Å². The number of nitrogens with one attached hydrogen (secondary N) is 1. The Morgan fingerprint density at radius 3 is 2.66 bits per heavy atom. The standard InChI is InChI=1S/C24H33N7O/c1-2-3-10-20-28-22(25)21-23(29-20)31(17-26-21)14-7-13-30-15-11-19(12-16-30)27-24(32)18-8-5-4-6-9-18/h4-6,8-9,17,19H,2-3,7,10-16H2,1H3,(H,27,32)(H2,25,28,29). The zero-order chi connectivity index (χ0) is 22.3. The Labute approximate surface area is 189 Å². The zero-order valence-electron chi connectivity index (χ0n) is 18.8. The van der Waals surface area contributed by atoms with Crippen LogP contribution < -0.4 is 11.1 Å². The molecule has 1 aliphatic rings. The molecule has 2 aromatic heterocycles. The van der Waals surface area contributed by atoms with Gasteiger partial charge < -0.3 is 20.5 Å². The number of nitrogens with two attached hydrogens (primary N) is 1. The van der Waals surface area contributed by atoms with E-state index in [2.05, 4.69) is 31.7 Å². The number of amides is 1. The van der Waals surface area contributed by atoms with Crippen LogP contribution in [0.15, 0.2) is 36.7 Å². The molecule has 1 aliphatic heterocycles. The number of hydrogen-bond acceptors (Lipinski definition) is 6. The Hall–Kier alpha value is -3.00. The molecule has 1 saturated heterocycles. The average Bonchev–Trinajstić information content (AvgIpc) is 3.23. The number of aryl methyl sites for hydroxylation is 2. The molecule has 1 fully saturated rings. The van der Waals surface area contributed by atoms with Gasteiger partial charge in [0.25, 0.3) is 5.91 Å². The van der Waals surface area contributed by atoms with Crippen LogP contribution in [0.5, 0.6) is 0 Å². The van der Waals surface area contributed by atoms with Crippen molar-refractivity contribution in [1.82, 2.24) is 29.7 Å². The zero-order valence-corrected chi connectivity index (χ0v) is 18.8. The molecule has 0 bridgehead atoms. The van der Waals surface area contributed by atoms with Gasteiger partial charge in [-0.2, -0.15) is 0 Å². The van der Waals surface area contributed by atoms with Crippen LogP contribution in [0.3, 0.4) is 0 Å². The van der Waals surface area contributed by atoms with Crippen LogP contribution in [0.1, 0.15) is 55.2 Å². The normalized spacial score (nSPS) is 15.3. The molecule has 0 atom stereocenters. The van der Waals surface area contributed by atoms with E-state index in [1.54, 1.807) is 0 Å². The van der Waals surface area contributed by atoms with Crippen molar-refractivity contribution in [1.29, 1.82) is 0 Å². The first-order valence-corrected chi connectivity index (χ1v) is 11.7. The number of benzene rings is 1. The van der Waals surface area contributed by atoms with E-state index in [4.69, 9.17) is 10.7 Å². The van der Waals surface area contributed by atoms with Crippen molar-refractivity contribution >= 4 is 22.9 Å². The first-order valence-electron chi connectivity index (χ1n) is 11.7. The average molecular weight is 436 g/mol. The van der Waals surface area contributed by atoms with E-state index < -0.39 is 0 Å². The second kappa shape index (κ2) is 10.5. The molecule has 0 radical (unpaired) electrons. The molecule has 3 heterocycles. The lowest BCUT2D eigenvalue weighted by Crippen LogP contribution is -2.44. The number of unbranched alkanes of at least 4 members (excludes halogenated alkanes) is 1. The minimum absolute atomic E-state index is 0.0237. The van der Waals surface area contributed by atoms with E-state index in [1.807, 2.05) is 36.7 Å². The van der Waals surface area contributed by atoms with Gasteiger partial charge in [0.2, 0.25) is 0 Å². The number of piperidine rings is 1. The smallest absolute Gasteiger partial charge is 0.251 e. The fourth-order valence-corrected chi connectivity index (χ4v) is 4.25. The molecule has 8 nitrogen and oxygen atoms in total. The maximum atomic E-state index is 12.4. The van der Waals surface area contributed by atoms with Gasteiger partial charge in [0.15, 0.2) is 11.5 Å².